The molecule has 0 radical (unpaired) electrons. The number of nitrogens with one attached hydrogen (secondary N) is 1. The third kappa shape index (κ3) is 1.45. The minimum atomic E-state index is 1.06. The molecular weight excluding hydrogens is 172 g/mol. The molecule has 1 aromatic rings. The number of para-hydroxylation sites is 1. The molecule has 1 aliphatic rings. The number of rotatable bonds is 2. The van der Waals surface area contributed by atoms with E-state index >= 15 is 0 Å². The molecule has 0 saturated carbocycles. The van der Waals surface area contributed by atoms with Crippen molar-refractivity contribution in [2.24, 2.45) is 0 Å². The van der Waals surface area contributed by atoms with Gasteiger partial charge in [-0.15, -0.1) is 0 Å². The van der Waals surface area contributed by atoms with Crippen LogP contribution in [0.5, 0.6) is 0 Å². The van der Waals surface area contributed by atoms with Crippen LogP contribution in [0.4, 0.5) is 11.4 Å². The number of fused-ring (bicyclic) bond motifs is 1. The first-order valence-corrected chi connectivity index (χ1v) is 5.47. The molecular formula is C12H18N2. The summed E-state index contributed by atoms with van der Waals surface area (Å²) < 4.78 is 0. The molecule has 0 bridgehead atoms. The molecule has 2 heteroatoms. The molecule has 0 aromatic heterocycles. The SMILES string of the molecule is CCc1cccc2c1N(CC)CCN2. The molecule has 0 spiro atoms. The highest BCUT2D eigenvalue weighted by Crippen LogP contribution is 2.32. The molecule has 0 fully saturated rings. The summed E-state index contributed by atoms with van der Waals surface area (Å²) in [6.07, 6.45) is 1.11. The Labute approximate surface area is 85.9 Å². The Kier molecular flexibility index (Phi) is 2.62. The van der Waals surface area contributed by atoms with E-state index in [1.165, 1.54) is 16.9 Å². The van der Waals surface area contributed by atoms with E-state index in [9.17, 15) is 0 Å². The number of benzene rings is 1. The topological polar surface area (TPSA) is 15.3 Å². The third-order valence-electron chi connectivity index (χ3n) is 2.90. The summed E-state index contributed by atoms with van der Waals surface area (Å²) in [5, 5.41) is 3.46. The van der Waals surface area contributed by atoms with Crippen molar-refractivity contribution >= 4 is 11.4 Å². The monoisotopic (exact) mass is 190 g/mol. The first-order valence-electron chi connectivity index (χ1n) is 5.47. The van der Waals surface area contributed by atoms with Crippen molar-refractivity contribution < 1.29 is 0 Å². The molecule has 0 atom stereocenters. The lowest BCUT2D eigenvalue weighted by Gasteiger charge is -2.33. The van der Waals surface area contributed by atoms with Crippen LogP contribution in [0.3, 0.4) is 0 Å². The van der Waals surface area contributed by atoms with Gasteiger partial charge in [-0.1, -0.05) is 19.1 Å². The lowest BCUT2D eigenvalue weighted by molar-refractivity contribution is 0.806. The Balaban J connectivity index is 2.46. The van der Waals surface area contributed by atoms with Gasteiger partial charge in [-0.2, -0.15) is 0 Å². The number of anilines is 2. The lowest BCUT2D eigenvalue weighted by Crippen LogP contribution is -2.34. The van der Waals surface area contributed by atoms with Gasteiger partial charge >= 0.3 is 0 Å². The van der Waals surface area contributed by atoms with E-state index in [1.54, 1.807) is 0 Å². The molecule has 76 valence electrons. The Hall–Kier alpha value is -1.18. The highest BCUT2D eigenvalue weighted by Gasteiger charge is 2.17. The minimum Gasteiger partial charge on any atom is -0.382 e. The molecule has 2 rings (SSSR count). The lowest BCUT2D eigenvalue weighted by atomic mass is 10.1. The van der Waals surface area contributed by atoms with Crippen LogP contribution in [0.1, 0.15) is 19.4 Å². The van der Waals surface area contributed by atoms with Gasteiger partial charge in [-0.25, -0.2) is 0 Å². The zero-order valence-corrected chi connectivity index (χ0v) is 9.01. The predicted octanol–water partition coefficient (Wildman–Crippen LogP) is 2.50. The van der Waals surface area contributed by atoms with Gasteiger partial charge in [0.1, 0.15) is 0 Å². The summed E-state index contributed by atoms with van der Waals surface area (Å²) in [7, 11) is 0. The van der Waals surface area contributed by atoms with Gasteiger partial charge in [0, 0.05) is 19.6 Å². The molecule has 0 unspecified atom stereocenters. The van der Waals surface area contributed by atoms with E-state index in [0.29, 0.717) is 0 Å². The summed E-state index contributed by atoms with van der Waals surface area (Å²) in [5.74, 6) is 0. The van der Waals surface area contributed by atoms with E-state index in [2.05, 4.69) is 42.3 Å². The van der Waals surface area contributed by atoms with Crippen molar-refractivity contribution in [3.63, 3.8) is 0 Å². The normalized spacial score (nSPS) is 14.9. The first kappa shape index (κ1) is 9.38. The van der Waals surface area contributed by atoms with Gasteiger partial charge in [-0.3, -0.25) is 0 Å². The van der Waals surface area contributed by atoms with Crippen LogP contribution >= 0.6 is 0 Å². The maximum atomic E-state index is 3.46. The number of likely N-dealkylation sites (N-methyl/N-ethyl adjacent to an activating group) is 1. The van der Waals surface area contributed by atoms with E-state index < -0.39 is 0 Å². The second kappa shape index (κ2) is 3.91. The molecule has 1 heterocycles. The number of hydrogen-bond acceptors (Lipinski definition) is 2. The fourth-order valence-corrected chi connectivity index (χ4v) is 2.15. The average Bonchev–Trinajstić information content (AvgIpc) is 2.27. The fraction of sp³-hybridized carbons (Fsp3) is 0.500. The standard InChI is InChI=1S/C12H18N2/c1-3-10-6-5-7-11-12(10)14(4-2)9-8-13-11/h5-7,13H,3-4,8-9H2,1-2H3. The van der Waals surface area contributed by atoms with Crippen LogP contribution < -0.4 is 10.2 Å². The van der Waals surface area contributed by atoms with Gasteiger partial charge < -0.3 is 10.2 Å². The van der Waals surface area contributed by atoms with E-state index in [4.69, 9.17) is 0 Å². The van der Waals surface area contributed by atoms with Crippen molar-refractivity contribution in [3.05, 3.63) is 23.8 Å². The Bertz CT molecular complexity index is 306. The van der Waals surface area contributed by atoms with E-state index in [-0.39, 0.29) is 0 Å². The average molecular weight is 190 g/mol. The van der Waals surface area contributed by atoms with Crippen molar-refractivity contribution in [3.8, 4) is 0 Å². The number of hydrogen-bond donors (Lipinski definition) is 1. The van der Waals surface area contributed by atoms with Crippen LogP contribution in [0.15, 0.2) is 18.2 Å². The highest BCUT2D eigenvalue weighted by molar-refractivity contribution is 5.75. The van der Waals surface area contributed by atoms with Crippen LogP contribution in [-0.4, -0.2) is 19.6 Å². The van der Waals surface area contributed by atoms with Gasteiger partial charge in [0.2, 0.25) is 0 Å². The van der Waals surface area contributed by atoms with Crippen molar-refractivity contribution in [1.82, 2.24) is 0 Å². The molecule has 1 N–H and O–H groups in total. The number of aryl methyl sites for hydroxylation is 1. The second-order valence-corrected chi connectivity index (χ2v) is 3.67. The summed E-state index contributed by atoms with van der Waals surface area (Å²) in [6.45, 7) is 7.74. The fourth-order valence-electron chi connectivity index (χ4n) is 2.15. The van der Waals surface area contributed by atoms with E-state index in [0.717, 1.165) is 26.1 Å². The van der Waals surface area contributed by atoms with Gasteiger partial charge in [0.05, 0.1) is 11.4 Å². The first-order chi connectivity index (χ1) is 6.86. The molecule has 0 aliphatic carbocycles. The molecule has 1 aliphatic heterocycles. The van der Waals surface area contributed by atoms with E-state index in [1.807, 2.05) is 0 Å². The molecule has 14 heavy (non-hydrogen) atoms. The molecule has 1 aromatic carbocycles. The quantitative estimate of drug-likeness (QED) is 0.770. The van der Waals surface area contributed by atoms with Crippen LogP contribution in [0, 0.1) is 0 Å². The maximum Gasteiger partial charge on any atom is 0.0634 e. The summed E-state index contributed by atoms with van der Waals surface area (Å²) in [6, 6.07) is 6.55. The smallest absolute Gasteiger partial charge is 0.0634 e. The van der Waals surface area contributed by atoms with Crippen molar-refractivity contribution in [2.45, 2.75) is 20.3 Å². The van der Waals surface area contributed by atoms with Crippen LogP contribution in [0.2, 0.25) is 0 Å². The summed E-state index contributed by atoms with van der Waals surface area (Å²) >= 11 is 0. The van der Waals surface area contributed by atoms with Crippen LogP contribution in [-0.2, 0) is 6.42 Å². The molecule has 0 amide bonds. The molecule has 0 saturated heterocycles. The third-order valence-corrected chi connectivity index (χ3v) is 2.90. The number of nitrogens with zero attached hydrogens (tertiary/aromatic N) is 1. The summed E-state index contributed by atoms with van der Waals surface area (Å²) in [5.41, 5.74) is 4.18. The summed E-state index contributed by atoms with van der Waals surface area (Å²) in [4.78, 5) is 2.46. The van der Waals surface area contributed by atoms with Crippen LogP contribution in [0.25, 0.3) is 0 Å². The zero-order valence-electron chi connectivity index (χ0n) is 9.01. The Morgan fingerprint density at radius 1 is 1.36 bits per heavy atom. The Morgan fingerprint density at radius 2 is 2.21 bits per heavy atom. The van der Waals surface area contributed by atoms with Crippen molar-refractivity contribution in [1.29, 1.82) is 0 Å². The predicted molar refractivity (Wildman–Crippen MR) is 62.2 cm³/mol. The Morgan fingerprint density at radius 3 is 2.93 bits per heavy atom. The van der Waals surface area contributed by atoms with Gasteiger partial charge in [0.15, 0.2) is 0 Å². The highest BCUT2D eigenvalue weighted by atomic mass is 15.2. The van der Waals surface area contributed by atoms with Gasteiger partial charge in [0.25, 0.3) is 0 Å². The largest absolute Gasteiger partial charge is 0.382 e. The second-order valence-electron chi connectivity index (χ2n) is 3.67. The zero-order chi connectivity index (χ0) is 9.97. The van der Waals surface area contributed by atoms with Crippen molar-refractivity contribution in [2.75, 3.05) is 29.9 Å². The maximum absolute atomic E-state index is 3.46. The minimum absolute atomic E-state index is 1.06. The molecule has 2 nitrogen and oxygen atoms in total. The van der Waals surface area contributed by atoms with Gasteiger partial charge in [-0.05, 0) is 25.0 Å².